The molecular weight excluding hydrogens is 312 g/mol. The number of ether oxygens (including phenoxy) is 1. The van der Waals surface area contributed by atoms with Gasteiger partial charge in [-0.1, -0.05) is 11.6 Å². The van der Waals surface area contributed by atoms with E-state index in [0.717, 1.165) is 25.1 Å². The van der Waals surface area contributed by atoms with Crippen molar-refractivity contribution >= 4 is 10.9 Å². The van der Waals surface area contributed by atoms with Gasteiger partial charge in [0.25, 0.3) is 0 Å². The van der Waals surface area contributed by atoms with Gasteiger partial charge in [-0.05, 0) is 49.4 Å². The van der Waals surface area contributed by atoms with Gasteiger partial charge in [-0.2, -0.15) is 0 Å². The van der Waals surface area contributed by atoms with Gasteiger partial charge in [0.15, 0.2) is 0 Å². The minimum atomic E-state index is 0.291. The molecule has 6 rings (SSSR count). The second kappa shape index (κ2) is 5.36. The van der Waals surface area contributed by atoms with Crippen LogP contribution in [0.25, 0.3) is 10.9 Å². The van der Waals surface area contributed by atoms with E-state index in [4.69, 9.17) is 4.74 Å². The van der Waals surface area contributed by atoms with Crippen LogP contribution in [-0.2, 0) is 13.5 Å². The molecule has 0 radical (unpaired) electrons. The van der Waals surface area contributed by atoms with Crippen molar-refractivity contribution in [2.75, 3.05) is 20.3 Å². The molecule has 1 N–H and O–H groups in total. The summed E-state index contributed by atoms with van der Waals surface area (Å²) in [6.45, 7) is 3.51. The average molecular weight is 338 g/mol. The van der Waals surface area contributed by atoms with E-state index in [9.17, 15) is 5.11 Å². The fourth-order valence-corrected chi connectivity index (χ4v) is 5.86. The third kappa shape index (κ3) is 1.90. The Labute approximate surface area is 148 Å². The number of fused-ring (bicyclic) bond motifs is 4. The van der Waals surface area contributed by atoms with E-state index in [0.29, 0.717) is 30.5 Å². The second-order valence-corrected chi connectivity index (χ2v) is 7.82. The fraction of sp³-hybridized carbons (Fsp3) is 0.524. The average Bonchev–Trinajstić information content (AvgIpc) is 2.93. The van der Waals surface area contributed by atoms with E-state index < -0.39 is 0 Å². The van der Waals surface area contributed by atoms with Crippen LogP contribution >= 0.6 is 0 Å². The third-order valence-corrected chi connectivity index (χ3v) is 7.03. The Bertz CT molecular complexity index is 882. The zero-order valence-electron chi connectivity index (χ0n) is 15.2. The maximum absolute atomic E-state index is 10.1. The summed E-state index contributed by atoms with van der Waals surface area (Å²) in [6, 6.07) is 7.37. The minimum absolute atomic E-state index is 0.291. The predicted molar refractivity (Wildman–Crippen MR) is 98.8 cm³/mol. The number of aromatic nitrogens is 1. The molecule has 4 aliphatic rings. The van der Waals surface area contributed by atoms with Crippen LogP contribution in [-0.4, -0.2) is 40.9 Å². The first-order valence-corrected chi connectivity index (χ1v) is 9.34. The van der Waals surface area contributed by atoms with Gasteiger partial charge in [-0.15, -0.1) is 0 Å². The lowest BCUT2D eigenvalue weighted by atomic mass is 9.64. The molecule has 1 unspecified atom stereocenters. The summed E-state index contributed by atoms with van der Waals surface area (Å²) < 4.78 is 7.87. The number of benzene rings is 1. The van der Waals surface area contributed by atoms with Crippen molar-refractivity contribution in [3.8, 4) is 5.75 Å². The van der Waals surface area contributed by atoms with E-state index in [1.54, 1.807) is 7.11 Å². The first-order chi connectivity index (χ1) is 12.2. The van der Waals surface area contributed by atoms with Crippen molar-refractivity contribution < 1.29 is 9.84 Å². The van der Waals surface area contributed by atoms with Crippen molar-refractivity contribution in [3.05, 3.63) is 41.1 Å². The van der Waals surface area contributed by atoms with Crippen LogP contribution < -0.4 is 4.74 Å². The Morgan fingerprint density at radius 3 is 2.92 bits per heavy atom. The van der Waals surface area contributed by atoms with Crippen LogP contribution in [0.3, 0.4) is 0 Å². The largest absolute Gasteiger partial charge is 0.497 e. The summed E-state index contributed by atoms with van der Waals surface area (Å²) >= 11 is 0. The fourth-order valence-electron chi connectivity index (χ4n) is 5.86. The Morgan fingerprint density at radius 2 is 2.20 bits per heavy atom. The molecular formula is C21H26N2O2. The molecule has 4 nitrogen and oxygen atoms in total. The van der Waals surface area contributed by atoms with Gasteiger partial charge in [0.1, 0.15) is 5.75 Å². The summed E-state index contributed by atoms with van der Waals surface area (Å²) in [4.78, 5) is 2.66. The zero-order valence-corrected chi connectivity index (χ0v) is 15.2. The molecule has 2 aromatic rings. The number of aryl methyl sites for hydroxylation is 1. The van der Waals surface area contributed by atoms with Crippen LogP contribution in [0.5, 0.6) is 5.75 Å². The Balaban J connectivity index is 1.71. The Kier molecular flexibility index (Phi) is 3.32. The highest BCUT2D eigenvalue weighted by Crippen LogP contribution is 2.54. The Morgan fingerprint density at radius 1 is 1.36 bits per heavy atom. The van der Waals surface area contributed by atoms with Crippen LogP contribution in [0.1, 0.15) is 30.6 Å². The number of methoxy groups -OCH3 is 1. The number of piperidine rings is 3. The summed E-state index contributed by atoms with van der Waals surface area (Å²) in [6.07, 6.45) is 4.45. The Hall–Kier alpha value is -1.78. The summed E-state index contributed by atoms with van der Waals surface area (Å²) in [5, 5.41) is 11.4. The molecule has 0 aliphatic carbocycles. The maximum Gasteiger partial charge on any atom is 0.119 e. The molecule has 0 amide bonds. The van der Waals surface area contributed by atoms with Gasteiger partial charge in [0.05, 0.1) is 13.2 Å². The van der Waals surface area contributed by atoms with E-state index in [1.165, 1.54) is 27.7 Å². The number of nitrogens with zero attached hydrogens (tertiary/aromatic N) is 2. The summed E-state index contributed by atoms with van der Waals surface area (Å²) in [5.74, 6) is 1.83. The van der Waals surface area contributed by atoms with Gasteiger partial charge >= 0.3 is 0 Å². The van der Waals surface area contributed by atoms with E-state index in [1.807, 2.05) is 0 Å². The number of aliphatic hydroxyl groups is 1. The number of aliphatic hydroxyl groups excluding tert-OH is 1. The second-order valence-electron chi connectivity index (χ2n) is 7.82. The smallest absolute Gasteiger partial charge is 0.119 e. The van der Waals surface area contributed by atoms with Crippen LogP contribution in [0.4, 0.5) is 0 Å². The third-order valence-electron chi connectivity index (χ3n) is 7.03. The SMILES string of the molecule is C/C=C1/CN2[C@H]3C[C@H]1[C@@H](CO)[C@@H]2Cc1c3n(C)c2ccc(OC)cc12. The van der Waals surface area contributed by atoms with Gasteiger partial charge in [0.2, 0.25) is 0 Å². The minimum Gasteiger partial charge on any atom is -0.497 e. The first kappa shape index (κ1) is 15.5. The lowest BCUT2D eigenvalue weighted by molar-refractivity contribution is -0.0513. The van der Waals surface area contributed by atoms with Gasteiger partial charge in [-0.25, -0.2) is 0 Å². The lowest BCUT2D eigenvalue weighted by Crippen LogP contribution is -2.61. The molecule has 132 valence electrons. The molecule has 4 heteroatoms. The quantitative estimate of drug-likeness (QED) is 0.855. The molecule has 5 heterocycles. The molecule has 0 saturated carbocycles. The molecule has 5 atom stereocenters. The molecule has 3 fully saturated rings. The normalized spacial score (nSPS) is 34.6. The van der Waals surface area contributed by atoms with E-state index >= 15 is 0 Å². The molecule has 1 aromatic carbocycles. The van der Waals surface area contributed by atoms with Crippen LogP contribution in [0, 0.1) is 11.8 Å². The molecule has 0 spiro atoms. The number of hydrogen-bond donors (Lipinski definition) is 1. The van der Waals surface area contributed by atoms with Gasteiger partial charge in [0, 0.05) is 48.8 Å². The van der Waals surface area contributed by atoms with Gasteiger partial charge < -0.3 is 14.4 Å². The van der Waals surface area contributed by atoms with Gasteiger partial charge in [-0.3, -0.25) is 4.90 Å². The van der Waals surface area contributed by atoms with Crippen LogP contribution in [0.2, 0.25) is 0 Å². The summed E-state index contributed by atoms with van der Waals surface area (Å²) in [7, 11) is 3.94. The van der Waals surface area contributed by atoms with Crippen molar-refractivity contribution in [3.63, 3.8) is 0 Å². The molecule has 25 heavy (non-hydrogen) atoms. The molecule has 4 bridgehead atoms. The van der Waals surface area contributed by atoms with E-state index in [-0.39, 0.29) is 0 Å². The number of allylic oxidation sites excluding steroid dienone is 1. The summed E-state index contributed by atoms with van der Waals surface area (Å²) in [5.41, 5.74) is 5.78. The highest BCUT2D eigenvalue weighted by atomic mass is 16.5. The monoisotopic (exact) mass is 338 g/mol. The molecule has 1 aromatic heterocycles. The molecule has 4 aliphatic heterocycles. The lowest BCUT2D eigenvalue weighted by Gasteiger charge is -2.58. The van der Waals surface area contributed by atoms with Crippen LogP contribution in [0.15, 0.2) is 29.8 Å². The van der Waals surface area contributed by atoms with Crippen molar-refractivity contribution in [1.29, 1.82) is 0 Å². The predicted octanol–water partition coefficient (Wildman–Crippen LogP) is 3.04. The highest BCUT2D eigenvalue weighted by molar-refractivity contribution is 5.87. The molecule has 3 saturated heterocycles. The first-order valence-electron chi connectivity index (χ1n) is 9.34. The highest BCUT2D eigenvalue weighted by Gasteiger charge is 2.52. The van der Waals surface area contributed by atoms with E-state index in [2.05, 4.69) is 47.7 Å². The number of rotatable bonds is 2. The number of hydrogen-bond acceptors (Lipinski definition) is 3. The van der Waals surface area contributed by atoms with Crippen molar-refractivity contribution in [1.82, 2.24) is 9.47 Å². The van der Waals surface area contributed by atoms with Crippen molar-refractivity contribution in [2.45, 2.75) is 31.8 Å². The van der Waals surface area contributed by atoms with Crippen molar-refractivity contribution in [2.24, 2.45) is 18.9 Å². The zero-order chi connectivity index (χ0) is 17.3. The standard InChI is InChI=1S/C21H26N2O2/c1-4-12-10-23-19-9-16-15-7-13(25-3)5-6-18(15)22(2)21(16)20(23)8-14(12)17(19)11-24/h4-7,14,17,19-20,24H,8-11H2,1-3H3/b12-4-/t14-,17-,19+,20+/m1/s1. The topological polar surface area (TPSA) is 37.6 Å². The maximum atomic E-state index is 10.1.